The van der Waals surface area contributed by atoms with E-state index in [1.807, 2.05) is 42.5 Å². The van der Waals surface area contributed by atoms with Gasteiger partial charge in [0.25, 0.3) is 0 Å². The Morgan fingerprint density at radius 1 is 0.727 bits per heavy atom. The maximum atomic E-state index is 9.86. The lowest BCUT2D eigenvalue weighted by Crippen LogP contribution is -2.04. The highest BCUT2D eigenvalue weighted by Crippen LogP contribution is 2.35. The van der Waals surface area contributed by atoms with Crippen LogP contribution in [0.1, 0.15) is 57.6 Å². The van der Waals surface area contributed by atoms with Crippen molar-refractivity contribution in [2.24, 2.45) is 11.8 Å². The van der Waals surface area contributed by atoms with E-state index in [0.29, 0.717) is 5.92 Å². The Kier molecular flexibility index (Phi) is 9.53. The molecule has 2 N–H and O–H groups in total. The zero-order valence-corrected chi connectivity index (χ0v) is 20.3. The Morgan fingerprint density at radius 3 is 2.12 bits per heavy atom. The average molecular weight is 447 g/mol. The summed E-state index contributed by atoms with van der Waals surface area (Å²) in [6.45, 7) is 7.56. The van der Waals surface area contributed by atoms with Crippen molar-refractivity contribution in [3.05, 3.63) is 77.9 Å². The zero-order valence-electron chi connectivity index (χ0n) is 20.3. The number of ether oxygens (including phenoxy) is 1. The monoisotopic (exact) mass is 446 g/mol. The summed E-state index contributed by atoms with van der Waals surface area (Å²) in [6.07, 6.45) is 4.95. The van der Waals surface area contributed by atoms with Crippen molar-refractivity contribution in [2.45, 2.75) is 59.7 Å². The van der Waals surface area contributed by atoms with E-state index in [1.54, 1.807) is 0 Å². The Balaban J connectivity index is 1.69. The molecule has 3 heteroatoms. The summed E-state index contributed by atoms with van der Waals surface area (Å²) in [5.41, 5.74) is 5.86. The van der Waals surface area contributed by atoms with Crippen molar-refractivity contribution in [3.63, 3.8) is 0 Å². The predicted molar refractivity (Wildman–Crippen MR) is 137 cm³/mol. The molecule has 0 aliphatic heterocycles. The van der Waals surface area contributed by atoms with Crippen LogP contribution in [0.4, 0.5) is 0 Å². The molecule has 3 aromatic carbocycles. The first-order valence-corrected chi connectivity index (χ1v) is 12.2. The molecule has 3 nitrogen and oxygen atoms in total. The molecule has 33 heavy (non-hydrogen) atoms. The molecule has 0 aromatic heterocycles. The lowest BCUT2D eigenvalue weighted by atomic mass is 9.91. The van der Waals surface area contributed by atoms with Gasteiger partial charge in [0.2, 0.25) is 0 Å². The molecule has 3 aromatic rings. The fourth-order valence-electron chi connectivity index (χ4n) is 4.21. The summed E-state index contributed by atoms with van der Waals surface area (Å²) in [5, 5.41) is 19.4. The highest BCUT2D eigenvalue weighted by molar-refractivity contribution is 5.85. The standard InChI is InChI=1S/C30H38O3/c1-22(2)7-6-8-23(3)17-18-33-27-15-13-25(14-16-27)28-9-4-5-10-29(28)30-19-24(20-31)11-12-26(30)21-32/h4-5,9-16,19,22-23,31-32H,6-8,17-18,20-21H2,1-3H3. The lowest BCUT2D eigenvalue weighted by molar-refractivity contribution is 0.276. The smallest absolute Gasteiger partial charge is 0.119 e. The molecule has 0 amide bonds. The van der Waals surface area contributed by atoms with Crippen LogP contribution in [-0.4, -0.2) is 16.8 Å². The number of hydrogen-bond acceptors (Lipinski definition) is 3. The summed E-state index contributed by atoms with van der Waals surface area (Å²) in [7, 11) is 0. The topological polar surface area (TPSA) is 49.7 Å². The van der Waals surface area contributed by atoms with Gasteiger partial charge in [0.05, 0.1) is 19.8 Å². The summed E-state index contributed by atoms with van der Waals surface area (Å²) in [5.74, 6) is 2.36. The number of aliphatic hydroxyl groups is 2. The minimum absolute atomic E-state index is 0.0245. The molecule has 0 aliphatic rings. The van der Waals surface area contributed by atoms with Gasteiger partial charge in [0.15, 0.2) is 0 Å². The number of hydrogen-bond donors (Lipinski definition) is 2. The fraction of sp³-hybridized carbons (Fsp3) is 0.400. The van der Waals surface area contributed by atoms with Crippen molar-refractivity contribution >= 4 is 0 Å². The average Bonchev–Trinajstić information content (AvgIpc) is 2.84. The molecule has 3 rings (SSSR count). The van der Waals surface area contributed by atoms with Gasteiger partial charge in [-0.15, -0.1) is 0 Å². The lowest BCUT2D eigenvalue weighted by Gasteiger charge is -2.15. The third-order valence-corrected chi connectivity index (χ3v) is 6.27. The molecule has 0 heterocycles. The molecular formula is C30H38O3. The highest BCUT2D eigenvalue weighted by atomic mass is 16.5. The summed E-state index contributed by atoms with van der Waals surface area (Å²) in [6, 6.07) is 22.1. The largest absolute Gasteiger partial charge is 0.494 e. The summed E-state index contributed by atoms with van der Waals surface area (Å²) >= 11 is 0. The van der Waals surface area contributed by atoms with Crippen molar-refractivity contribution in [1.82, 2.24) is 0 Å². The first-order chi connectivity index (χ1) is 16.0. The van der Waals surface area contributed by atoms with Crippen LogP contribution in [0.25, 0.3) is 22.3 Å². The number of rotatable bonds is 12. The summed E-state index contributed by atoms with van der Waals surface area (Å²) in [4.78, 5) is 0. The van der Waals surface area contributed by atoms with Crippen LogP contribution in [0, 0.1) is 11.8 Å². The molecule has 0 aliphatic carbocycles. The SMILES string of the molecule is CC(C)CCCC(C)CCOc1ccc(-c2ccccc2-c2cc(CO)ccc2CO)cc1. The minimum atomic E-state index is -0.0436. The van der Waals surface area contributed by atoms with Gasteiger partial charge in [-0.1, -0.05) is 88.6 Å². The normalized spacial score (nSPS) is 12.2. The number of benzene rings is 3. The van der Waals surface area contributed by atoms with Gasteiger partial charge in [-0.25, -0.2) is 0 Å². The van der Waals surface area contributed by atoms with Crippen LogP contribution >= 0.6 is 0 Å². The molecular weight excluding hydrogens is 408 g/mol. The molecule has 0 fully saturated rings. The van der Waals surface area contributed by atoms with Gasteiger partial charge in [0, 0.05) is 0 Å². The second-order valence-electron chi connectivity index (χ2n) is 9.44. The summed E-state index contributed by atoms with van der Waals surface area (Å²) < 4.78 is 6.02. The van der Waals surface area contributed by atoms with Crippen molar-refractivity contribution in [2.75, 3.05) is 6.61 Å². The maximum absolute atomic E-state index is 9.86. The van der Waals surface area contributed by atoms with E-state index >= 15 is 0 Å². The molecule has 0 spiro atoms. The van der Waals surface area contributed by atoms with E-state index in [0.717, 1.165) is 58.1 Å². The van der Waals surface area contributed by atoms with E-state index in [-0.39, 0.29) is 13.2 Å². The van der Waals surface area contributed by atoms with Crippen LogP contribution in [0.3, 0.4) is 0 Å². The van der Waals surface area contributed by atoms with E-state index < -0.39 is 0 Å². The van der Waals surface area contributed by atoms with Crippen LogP contribution in [0.2, 0.25) is 0 Å². The van der Waals surface area contributed by atoms with Crippen molar-refractivity contribution in [3.8, 4) is 28.0 Å². The molecule has 176 valence electrons. The third kappa shape index (κ3) is 7.18. The van der Waals surface area contributed by atoms with Crippen LogP contribution in [0.5, 0.6) is 5.75 Å². The van der Waals surface area contributed by atoms with Crippen LogP contribution < -0.4 is 4.74 Å². The second-order valence-corrected chi connectivity index (χ2v) is 9.44. The van der Waals surface area contributed by atoms with Crippen molar-refractivity contribution in [1.29, 1.82) is 0 Å². The number of aliphatic hydroxyl groups excluding tert-OH is 2. The molecule has 0 saturated heterocycles. The molecule has 1 atom stereocenters. The first kappa shape index (κ1) is 25.0. The second kappa shape index (κ2) is 12.6. The van der Waals surface area contributed by atoms with Crippen molar-refractivity contribution < 1.29 is 14.9 Å². The Labute approximate surface area is 199 Å². The minimum Gasteiger partial charge on any atom is -0.494 e. The van der Waals surface area contributed by atoms with Gasteiger partial charge in [-0.3, -0.25) is 0 Å². The van der Waals surface area contributed by atoms with Gasteiger partial charge < -0.3 is 14.9 Å². The predicted octanol–water partition coefficient (Wildman–Crippen LogP) is 7.24. The molecule has 0 saturated carbocycles. The fourth-order valence-corrected chi connectivity index (χ4v) is 4.21. The molecule has 0 radical (unpaired) electrons. The molecule has 1 unspecified atom stereocenters. The van der Waals surface area contributed by atoms with E-state index in [2.05, 4.69) is 45.0 Å². The first-order valence-electron chi connectivity index (χ1n) is 12.2. The van der Waals surface area contributed by atoms with Gasteiger partial charge in [0.1, 0.15) is 5.75 Å². The Hall–Kier alpha value is -2.62. The van der Waals surface area contributed by atoms with E-state index in [1.165, 1.54) is 19.3 Å². The maximum Gasteiger partial charge on any atom is 0.119 e. The van der Waals surface area contributed by atoms with Gasteiger partial charge in [-0.05, 0) is 69.8 Å². The Morgan fingerprint density at radius 2 is 1.45 bits per heavy atom. The highest BCUT2D eigenvalue weighted by Gasteiger charge is 2.12. The third-order valence-electron chi connectivity index (χ3n) is 6.27. The quantitative estimate of drug-likeness (QED) is 0.308. The van der Waals surface area contributed by atoms with Gasteiger partial charge in [-0.2, -0.15) is 0 Å². The van der Waals surface area contributed by atoms with Crippen LogP contribution in [-0.2, 0) is 13.2 Å². The Bertz CT molecular complexity index is 992. The molecule has 0 bridgehead atoms. The van der Waals surface area contributed by atoms with Gasteiger partial charge >= 0.3 is 0 Å². The van der Waals surface area contributed by atoms with E-state index in [9.17, 15) is 10.2 Å². The zero-order chi connectivity index (χ0) is 23.6. The van der Waals surface area contributed by atoms with Crippen LogP contribution in [0.15, 0.2) is 66.7 Å². The van der Waals surface area contributed by atoms with E-state index in [4.69, 9.17) is 4.74 Å².